The molecule has 0 saturated carbocycles. The Morgan fingerprint density at radius 3 is 2.62 bits per heavy atom. The van der Waals surface area contributed by atoms with Crippen molar-refractivity contribution in [2.75, 3.05) is 18.5 Å². The number of benzene rings is 2. The monoisotopic (exact) mass is 397 g/mol. The van der Waals surface area contributed by atoms with E-state index in [1.165, 1.54) is 9.13 Å². The standard InChI is InChI=1S/C17H20INO2/c1-2-13-6-8-17(9-7-13)21-12-16(20)11-19-15-5-3-4-14(18)10-15/h3-10,16,19-20H,2,11-12H2,1H3. The van der Waals surface area contributed by atoms with E-state index in [0.717, 1.165) is 17.9 Å². The van der Waals surface area contributed by atoms with Crippen LogP contribution in [-0.4, -0.2) is 24.4 Å². The van der Waals surface area contributed by atoms with Crippen molar-refractivity contribution in [3.8, 4) is 5.75 Å². The number of hydrogen-bond donors (Lipinski definition) is 2. The van der Waals surface area contributed by atoms with Gasteiger partial charge in [-0.05, 0) is 64.9 Å². The summed E-state index contributed by atoms with van der Waals surface area (Å²) in [4.78, 5) is 0. The molecule has 2 rings (SSSR count). The molecule has 0 aliphatic heterocycles. The highest BCUT2D eigenvalue weighted by Crippen LogP contribution is 2.14. The maximum absolute atomic E-state index is 9.95. The molecule has 0 aromatic heterocycles. The first kappa shape index (κ1) is 16.1. The maximum Gasteiger partial charge on any atom is 0.119 e. The fraction of sp³-hybridized carbons (Fsp3) is 0.294. The zero-order valence-corrected chi connectivity index (χ0v) is 14.2. The molecule has 1 atom stereocenters. The molecule has 0 amide bonds. The zero-order chi connectivity index (χ0) is 15.1. The van der Waals surface area contributed by atoms with Gasteiger partial charge in [-0.15, -0.1) is 0 Å². The molecule has 4 heteroatoms. The summed E-state index contributed by atoms with van der Waals surface area (Å²) in [6.07, 6.45) is 0.469. The first-order valence-corrected chi connectivity index (χ1v) is 8.14. The first-order valence-electron chi connectivity index (χ1n) is 7.06. The second kappa shape index (κ2) is 8.24. The van der Waals surface area contributed by atoms with Crippen LogP contribution < -0.4 is 10.1 Å². The molecule has 1 unspecified atom stereocenters. The Labute approximate surface area is 139 Å². The molecule has 2 aromatic carbocycles. The molecule has 112 valence electrons. The van der Waals surface area contributed by atoms with E-state index in [4.69, 9.17) is 4.74 Å². The third kappa shape index (κ3) is 5.55. The SMILES string of the molecule is CCc1ccc(OCC(O)CNc2cccc(I)c2)cc1. The maximum atomic E-state index is 9.95. The van der Waals surface area contributed by atoms with Gasteiger partial charge in [0.1, 0.15) is 18.5 Å². The third-order valence-corrected chi connectivity index (χ3v) is 3.81. The lowest BCUT2D eigenvalue weighted by atomic mass is 10.2. The molecular weight excluding hydrogens is 377 g/mol. The van der Waals surface area contributed by atoms with Crippen LogP contribution in [0.4, 0.5) is 5.69 Å². The Morgan fingerprint density at radius 2 is 1.95 bits per heavy atom. The van der Waals surface area contributed by atoms with Gasteiger partial charge in [-0.1, -0.05) is 25.1 Å². The van der Waals surface area contributed by atoms with Crippen molar-refractivity contribution in [2.45, 2.75) is 19.4 Å². The minimum absolute atomic E-state index is 0.280. The highest BCUT2D eigenvalue weighted by atomic mass is 127. The number of ether oxygens (including phenoxy) is 1. The summed E-state index contributed by atoms with van der Waals surface area (Å²) in [5.41, 5.74) is 2.29. The van der Waals surface area contributed by atoms with Crippen LogP contribution in [0.3, 0.4) is 0 Å². The van der Waals surface area contributed by atoms with Crippen LogP contribution >= 0.6 is 22.6 Å². The van der Waals surface area contributed by atoms with Crippen LogP contribution in [0.2, 0.25) is 0 Å². The minimum atomic E-state index is -0.547. The Balaban J connectivity index is 1.75. The fourth-order valence-electron chi connectivity index (χ4n) is 1.91. The van der Waals surface area contributed by atoms with Gasteiger partial charge >= 0.3 is 0 Å². The molecule has 0 spiro atoms. The number of aliphatic hydroxyl groups is 1. The van der Waals surface area contributed by atoms with Gasteiger partial charge in [0.25, 0.3) is 0 Å². The minimum Gasteiger partial charge on any atom is -0.491 e. The number of aryl methyl sites for hydroxylation is 1. The molecule has 0 aliphatic rings. The number of nitrogens with one attached hydrogen (secondary N) is 1. The van der Waals surface area contributed by atoms with E-state index in [-0.39, 0.29) is 6.61 Å². The summed E-state index contributed by atoms with van der Waals surface area (Å²) in [6, 6.07) is 16.0. The predicted octanol–water partition coefficient (Wildman–Crippen LogP) is 3.71. The molecule has 0 fully saturated rings. The summed E-state index contributed by atoms with van der Waals surface area (Å²) < 4.78 is 6.75. The summed E-state index contributed by atoms with van der Waals surface area (Å²) in [6.45, 7) is 2.87. The fourth-order valence-corrected chi connectivity index (χ4v) is 2.45. The van der Waals surface area contributed by atoms with Crippen molar-refractivity contribution >= 4 is 28.3 Å². The molecule has 0 aliphatic carbocycles. The highest BCUT2D eigenvalue weighted by Gasteiger charge is 2.05. The van der Waals surface area contributed by atoms with Crippen LogP contribution in [-0.2, 0) is 6.42 Å². The lowest BCUT2D eigenvalue weighted by Gasteiger charge is -2.14. The van der Waals surface area contributed by atoms with Gasteiger partial charge in [-0.3, -0.25) is 0 Å². The van der Waals surface area contributed by atoms with E-state index in [1.54, 1.807) is 0 Å². The molecule has 0 saturated heterocycles. The predicted molar refractivity (Wildman–Crippen MR) is 95.0 cm³/mol. The number of anilines is 1. The summed E-state index contributed by atoms with van der Waals surface area (Å²) in [5, 5.41) is 13.2. The number of rotatable bonds is 7. The molecule has 3 nitrogen and oxygen atoms in total. The smallest absolute Gasteiger partial charge is 0.119 e. The van der Waals surface area contributed by atoms with E-state index in [9.17, 15) is 5.11 Å². The van der Waals surface area contributed by atoms with Crippen LogP contribution in [0.15, 0.2) is 48.5 Å². The Hall–Kier alpha value is -1.27. The van der Waals surface area contributed by atoms with E-state index < -0.39 is 6.10 Å². The Bertz CT molecular complexity index is 557. The Kier molecular flexibility index (Phi) is 6.32. The van der Waals surface area contributed by atoms with Crippen molar-refractivity contribution in [3.05, 3.63) is 57.7 Å². The normalized spacial score (nSPS) is 12.0. The van der Waals surface area contributed by atoms with Crippen molar-refractivity contribution in [1.82, 2.24) is 0 Å². The van der Waals surface area contributed by atoms with Gasteiger partial charge in [-0.2, -0.15) is 0 Å². The third-order valence-electron chi connectivity index (χ3n) is 3.14. The van der Waals surface area contributed by atoms with Crippen LogP contribution in [0.5, 0.6) is 5.75 Å². The number of hydrogen-bond acceptors (Lipinski definition) is 3. The van der Waals surface area contributed by atoms with E-state index in [2.05, 4.69) is 34.8 Å². The second-order valence-electron chi connectivity index (χ2n) is 4.85. The first-order chi connectivity index (χ1) is 10.2. The van der Waals surface area contributed by atoms with Crippen molar-refractivity contribution < 1.29 is 9.84 Å². The van der Waals surface area contributed by atoms with Crippen LogP contribution in [0.1, 0.15) is 12.5 Å². The van der Waals surface area contributed by atoms with Gasteiger partial charge in [0, 0.05) is 15.8 Å². The molecular formula is C17H20INO2. The van der Waals surface area contributed by atoms with Gasteiger partial charge in [-0.25, -0.2) is 0 Å². The zero-order valence-electron chi connectivity index (χ0n) is 12.1. The summed E-state index contributed by atoms with van der Waals surface area (Å²) >= 11 is 2.27. The number of aliphatic hydroxyl groups excluding tert-OH is 1. The summed E-state index contributed by atoms with van der Waals surface area (Å²) in [5.74, 6) is 0.792. The quantitative estimate of drug-likeness (QED) is 0.701. The Morgan fingerprint density at radius 1 is 1.19 bits per heavy atom. The molecule has 2 aromatic rings. The van der Waals surface area contributed by atoms with Crippen molar-refractivity contribution in [2.24, 2.45) is 0 Å². The topological polar surface area (TPSA) is 41.5 Å². The van der Waals surface area contributed by atoms with Crippen molar-refractivity contribution in [1.29, 1.82) is 0 Å². The van der Waals surface area contributed by atoms with Gasteiger partial charge in [0.05, 0.1) is 0 Å². The van der Waals surface area contributed by atoms with Crippen molar-refractivity contribution in [3.63, 3.8) is 0 Å². The van der Waals surface area contributed by atoms with Gasteiger partial charge in [0.15, 0.2) is 0 Å². The molecule has 2 N–H and O–H groups in total. The average Bonchev–Trinajstić information content (AvgIpc) is 2.51. The molecule has 0 heterocycles. The highest BCUT2D eigenvalue weighted by molar-refractivity contribution is 14.1. The largest absolute Gasteiger partial charge is 0.491 e. The van der Waals surface area contributed by atoms with E-state index >= 15 is 0 Å². The lowest BCUT2D eigenvalue weighted by molar-refractivity contribution is 0.117. The van der Waals surface area contributed by atoms with Crippen LogP contribution in [0, 0.1) is 3.57 Å². The number of halogens is 1. The van der Waals surface area contributed by atoms with E-state index in [0.29, 0.717) is 6.54 Å². The second-order valence-corrected chi connectivity index (χ2v) is 6.10. The van der Waals surface area contributed by atoms with Crippen LogP contribution in [0.25, 0.3) is 0 Å². The molecule has 0 radical (unpaired) electrons. The average molecular weight is 397 g/mol. The van der Waals surface area contributed by atoms with Gasteiger partial charge in [0.2, 0.25) is 0 Å². The lowest BCUT2D eigenvalue weighted by Crippen LogP contribution is -2.26. The van der Waals surface area contributed by atoms with E-state index in [1.807, 2.05) is 48.5 Å². The molecule has 0 bridgehead atoms. The van der Waals surface area contributed by atoms with Gasteiger partial charge < -0.3 is 15.2 Å². The summed E-state index contributed by atoms with van der Waals surface area (Å²) in [7, 11) is 0. The molecule has 21 heavy (non-hydrogen) atoms.